The van der Waals surface area contributed by atoms with Crippen molar-refractivity contribution in [2.24, 2.45) is 0 Å². The Morgan fingerprint density at radius 3 is 2.82 bits per heavy atom. The third-order valence-electron chi connectivity index (χ3n) is 2.12. The first kappa shape index (κ1) is 14.1. The molecule has 0 amide bonds. The summed E-state index contributed by atoms with van der Waals surface area (Å²) in [7, 11) is -3.73. The predicted octanol–water partition coefficient (Wildman–Crippen LogP) is 1.92. The summed E-state index contributed by atoms with van der Waals surface area (Å²) in [5.74, 6) is -0.500. The van der Waals surface area contributed by atoms with Gasteiger partial charge in [-0.05, 0) is 25.1 Å². The fraction of sp³-hybridized carbons (Fsp3) is 0.300. The summed E-state index contributed by atoms with van der Waals surface area (Å²) in [4.78, 5) is 0. The van der Waals surface area contributed by atoms with Crippen molar-refractivity contribution in [3.63, 3.8) is 0 Å². The summed E-state index contributed by atoms with van der Waals surface area (Å²) in [6.45, 7) is 1.08. The summed E-state index contributed by atoms with van der Waals surface area (Å²) >= 11 is 3.16. The second-order valence-corrected chi connectivity index (χ2v) is 6.37. The van der Waals surface area contributed by atoms with Gasteiger partial charge in [0.25, 0.3) is 0 Å². The summed E-state index contributed by atoms with van der Waals surface area (Å²) in [5, 5.41) is 7.35. The Hall–Kier alpha value is -0.970. The van der Waals surface area contributed by atoms with Gasteiger partial charge >= 0.3 is 0 Å². The maximum atomic E-state index is 13.3. The van der Waals surface area contributed by atoms with Crippen molar-refractivity contribution in [2.45, 2.75) is 18.7 Å². The molecule has 0 aliphatic heterocycles. The van der Waals surface area contributed by atoms with Gasteiger partial charge in [0.2, 0.25) is 10.0 Å². The lowest BCUT2D eigenvalue weighted by atomic mass is 10.2. The third kappa shape index (κ3) is 3.77. The molecule has 0 aromatic heterocycles. The van der Waals surface area contributed by atoms with Crippen LogP contribution in [0.2, 0.25) is 0 Å². The zero-order valence-corrected chi connectivity index (χ0v) is 11.3. The maximum Gasteiger partial charge on any atom is 0.227 e. The van der Waals surface area contributed by atoms with Gasteiger partial charge in [0, 0.05) is 16.6 Å². The molecule has 17 heavy (non-hydrogen) atoms. The van der Waals surface area contributed by atoms with E-state index >= 15 is 0 Å². The first-order chi connectivity index (χ1) is 7.86. The molecular weight excluding hydrogens is 311 g/mol. The molecule has 1 aromatic rings. The first-order valence-electron chi connectivity index (χ1n) is 4.69. The fourth-order valence-corrected chi connectivity index (χ4v) is 2.21. The Bertz CT molecular complexity index is 554. The molecule has 0 fully saturated rings. The van der Waals surface area contributed by atoms with Gasteiger partial charge in [-0.3, -0.25) is 0 Å². The van der Waals surface area contributed by atoms with Crippen LogP contribution in [0.25, 0.3) is 0 Å². The molecule has 1 N–H and O–H groups in total. The van der Waals surface area contributed by atoms with E-state index in [1.807, 2.05) is 0 Å². The van der Waals surface area contributed by atoms with E-state index in [0.717, 1.165) is 0 Å². The highest BCUT2D eigenvalue weighted by molar-refractivity contribution is 9.10. The van der Waals surface area contributed by atoms with E-state index in [-0.39, 0.29) is 12.1 Å². The van der Waals surface area contributed by atoms with Crippen molar-refractivity contribution >= 4 is 26.0 Å². The smallest absolute Gasteiger partial charge is 0.211 e. The van der Waals surface area contributed by atoms with E-state index in [1.54, 1.807) is 6.07 Å². The molecule has 0 radical (unpaired) electrons. The minimum absolute atomic E-state index is 0.181. The molecule has 1 rings (SSSR count). The van der Waals surface area contributed by atoms with Crippen molar-refractivity contribution in [2.75, 3.05) is 0 Å². The van der Waals surface area contributed by atoms with Gasteiger partial charge in [0.1, 0.15) is 5.82 Å². The van der Waals surface area contributed by atoms with E-state index in [0.29, 0.717) is 4.47 Å². The van der Waals surface area contributed by atoms with Crippen LogP contribution in [0, 0.1) is 17.1 Å². The Morgan fingerprint density at radius 1 is 1.59 bits per heavy atom. The topological polar surface area (TPSA) is 70.0 Å². The summed E-state index contributed by atoms with van der Waals surface area (Å²) in [6.07, 6.45) is 0. The maximum absolute atomic E-state index is 13.3. The highest BCUT2D eigenvalue weighted by atomic mass is 79.9. The van der Waals surface area contributed by atoms with Crippen LogP contribution in [-0.4, -0.2) is 13.7 Å². The lowest BCUT2D eigenvalue weighted by Gasteiger charge is -2.08. The lowest BCUT2D eigenvalue weighted by Crippen LogP contribution is -2.31. The molecule has 0 saturated heterocycles. The Kier molecular flexibility index (Phi) is 4.62. The van der Waals surface area contributed by atoms with Gasteiger partial charge in [0.15, 0.2) is 5.25 Å². The molecule has 4 nitrogen and oxygen atoms in total. The number of nitrogens with one attached hydrogen (secondary N) is 1. The zero-order valence-electron chi connectivity index (χ0n) is 8.94. The largest absolute Gasteiger partial charge is 0.227 e. The number of nitriles is 1. The zero-order chi connectivity index (χ0) is 13.1. The standard InChI is InChI=1S/C10H10BrFN2O2S/c1-7(5-13)17(15,16)14-6-8-4-9(11)2-3-10(8)12/h2-4,7,14H,6H2,1H3. The molecule has 1 unspecified atom stereocenters. The summed E-state index contributed by atoms with van der Waals surface area (Å²) < 4.78 is 39.1. The normalized spacial score (nSPS) is 13.1. The second-order valence-electron chi connectivity index (χ2n) is 3.37. The number of hydrogen-bond donors (Lipinski definition) is 1. The second kappa shape index (κ2) is 5.58. The fourth-order valence-electron chi connectivity index (χ4n) is 1.05. The molecule has 0 heterocycles. The minimum atomic E-state index is -3.73. The molecule has 92 valence electrons. The van der Waals surface area contributed by atoms with E-state index < -0.39 is 21.1 Å². The van der Waals surface area contributed by atoms with Crippen LogP contribution in [0.1, 0.15) is 12.5 Å². The first-order valence-corrected chi connectivity index (χ1v) is 7.03. The lowest BCUT2D eigenvalue weighted by molar-refractivity contribution is 0.570. The molecule has 0 saturated carbocycles. The van der Waals surface area contributed by atoms with Gasteiger partial charge in [-0.1, -0.05) is 15.9 Å². The Balaban J connectivity index is 2.82. The van der Waals surface area contributed by atoms with Crippen LogP contribution in [0.3, 0.4) is 0 Å². The number of rotatable bonds is 4. The van der Waals surface area contributed by atoms with Crippen LogP contribution in [0.4, 0.5) is 4.39 Å². The quantitative estimate of drug-likeness (QED) is 0.921. The molecule has 1 aromatic carbocycles. The van der Waals surface area contributed by atoms with E-state index in [4.69, 9.17) is 5.26 Å². The van der Waals surface area contributed by atoms with Crippen molar-refractivity contribution in [3.05, 3.63) is 34.1 Å². The van der Waals surface area contributed by atoms with Gasteiger partial charge in [-0.25, -0.2) is 17.5 Å². The van der Waals surface area contributed by atoms with Crippen molar-refractivity contribution in [3.8, 4) is 6.07 Å². The van der Waals surface area contributed by atoms with Gasteiger partial charge < -0.3 is 0 Å². The number of halogens is 2. The number of nitrogens with zero attached hydrogens (tertiary/aromatic N) is 1. The van der Waals surface area contributed by atoms with Crippen molar-refractivity contribution in [1.82, 2.24) is 4.72 Å². The molecule has 0 spiro atoms. The van der Waals surface area contributed by atoms with E-state index in [1.165, 1.54) is 25.1 Å². The predicted molar refractivity (Wildman–Crippen MR) is 64.9 cm³/mol. The number of sulfonamides is 1. The summed E-state index contributed by atoms with van der Waals surface area (Å²) in [5.41, 5.74) is 0.216. The highest BCUT2D eigenvalue weighted by Gasteiger charge is 2.19. The average molecular weight is 321 g/mol. The van der Waals surface area contributed by atoms with E-state index in [2.05, 4.69) is 20.7 Å². The van der Waals surface area contributed by atoms with Crippen molar-refractivity contribution < 1.29 is 12.8 Å². The van der Waals surface area contributed by atoms with Crippen LogP contribution < -0.4 is 4.72 Å². The molecule has 0 aliphatic rings. The average Bonchev–Trinajstić information content (AvgIpc) is 2.29. The molecule has 0 aliphatic carbocycles. The van der Waals surface area contributed by atoms with Gasteiger partial charge in [-0.2, -0.15) is 5.26 Å². The van der Waals surface area contributed by atoms with Gasteiger partial charge in [0.05, 0.1) is 6.07 Å². The van der Waals surface area contributed by atoms with Crippen molar-refractivity contribution in [1.29, 1.82) is 5.26 Å². The molecular formula is C10H10BrFN2O2S. The molecule has 0 bridgehead atoms. The third-order valence-corrected chi connectivity index (χ3v) is 4.20. The van der Waals surface area contributed by atoms with Crippen LogP contribution in [0.15, 0.2) is 22.7 Å². The van der Waals surface area contributed by atoms with Gasteiger partial charge in [-0.15, -0.1) is 0 Å². The number of benzene rings is 1. The van der Waals surface area contributed by atoms with Crippen LogP contribution in [-0.2, 0) is 16.6 Å². The Morgan fingerprint density at radius 2 is 2.24 bits per heavy atom. The number of hydrogen-bond acceptors (Lipinski definition) is 3. The SMILES string of the molecule is CC(C#N)S(=O)(=O)NCc1cc(Br)ccc1F. The molecule has 7 heteroatoms. The minimum Gasteiger partial charge on any atom is -0.211 e. The molecule has 1 atom stereocenters. The monoisotopic (exact) mass is 320 g/mol. The van der Waals surface area contributed by atoms with E-state index in [9.17, 15) is 12.8 Å². The Labute approximate surface area is 108 Å². The van der Waals surface area contributed by atoms with Crippen LogP contribution >= 0.6 is 15.9 Å². The van der Waals surface area contributed by atoms with Crippen LogP contribution in [0.5, 0.6) is 0 Å². The summed E-state index contributed by atoms with van der Waals surface area (Å²) in [6, 6.07) is 5.85. The highest BCUT2D eigenvalue weighted by Crippen LogP contribution is 2.15.